The number of fused-ring (bicyclic) bond motifs is 2. The van der Waals surface area contributed by atoms with Crippen LogP contribution in [0.3, 0.4) is 0 Å². The summed E-state index contributed by atoms with van der Waals surface area (Å²) in [6.07, 6.45) is 2.37. The Kier molecular flexibility index (Phi) is 5.82. The minimum absolute atomic E-state index is 0.0140. The van der Waals surface area contributed by atoms with Gasteiger partial charge < -0.3 is 19.3 Å². The van der Waals surface area contributed by atoms with Gasteiger partial charge in [-0.2, -0.15) is 0 Å². The number of ether oxygens (including phenoxy) is 3. The van der Waals surface area contributed by atoms with Crippen LogP contribution in [0, 0.1) is 29.6 Å². The molecule has 6 heteroatoms. The first-order valence-electron chi connectivity index (χ1n) is 11.8. The zero-order valence-corrected chi connectivity index (χ0v) is 19.1. The van der Waals surface area contributed by atoms with Crippen molar-refractivity contribution >= 4 is 11.8 Å². The van der Waals surface area contributed by atoms with Gasteiger partial charge in [0.15, 0.2) is 5.78 Å². The summed E-state index contributed by atoms with van der Waals surface area (Å²) in [4.78, 5) is 25.8. The molecule has 1 saturated carbocycles. The second-order valence-electron chi connectivity index (χ2n) is 10.9. The van der Waals surface area contributed by atoms with Crippen molar-refractivity contribution in [2.45, 2.75) is 103 Å². The normalized spacial score (nSPS) is 50.8. The Morgan fingerprint density at radius 3 is 2.67 bits per heavy atom. The molecule has 1 N–H and O–H groups in total. The van der Waals surface area contributed by atoms with E-state index in [1.54, 1.807) is 6.92 Å². The van der Waals surface area contributed by atoms with Crippen molar-refractivity contribution in [3.05, 3.63) is 0 Å². The van der Waals surface area contributed by atoms with Crippen molar-refractivity contribution < 1.29 is 28.9 Å². The summed E-state index contributed by atoms with van der Waals surface area (Å²) in [5.74, 6) is 0.771. The summed E-state index contributed by atoms with van der Waals surface area (Å²) < 4.78 is 19.0. The summed E-state index contributed by atoms with van der Waals surface area (Å²) in [6, 6.07) is 0. The molecule has 6 nitrogen and oxygen atoms in total. The quantitative estimate of drug-likeness (QED) is 0.703. The van der Waals surface area contributed by atoms with Gasteiger partial charge in [-0.05, 0) is 50.9 Å². The van der Waals surface area contributed by atoms with Gasteiger partial charge in [0, 0.05) is 31.1 Å². The maximum absolute atomic E-state index is 13.3. The molecule has 4 fully saturated rings. The highest BCUT2D eigenvalue weighted by Gasteiger charge is 2.65. The molecular weight excluding hydrogens is 384 g/mol. The number of carbonyl (C=O) groups is 2. The fourth-order valence-corrected chi connectivity index (χ4v) is 6.68. The minimum atomic E-state index is -1.01. The van der Waals surface area contributed by atoms with Gasteiger partial charge >= 0.3 is 5.97 Å². The van der Waals surface area contributed by atoms with Gasteiger partial charge in [-0.15, -0.1) is 0 Å². The molecule has 2 bridgehead atoms. The van der Waals surface area contributed by atoms with E-state index in [1.165, 1.54) is 0 Å². The van der Waals surface area contributed by atoms with Crippen LogP contribution in [0.2, 0.25) is 0 Å². The molecule has 10 unspecified atom stereocenters. The third-order valence-electron chi connectivity index (χ3n) is 8.35. The summed E-state index contributed by atoms with van der Waals surface area (Å²) in [5.41, 5.74) is -2.02. The van der Waals surface area contributed by atoms with Crippen LogP contribution in [0.15, 0.2) is 0 Å². The molecule has 0 amide bonds. The summed E-state index contributed by atoms with van der Waals surface area (Å²) in [7, 11) is 0. The van der Waals surface area contributed by atoms with Crippen molar-refractivity contribution in [1.29, 1.82) is 0 Å². The Morgan fingerprint density at radius 1 is 1.23 bits per heavy atom. The Bertz CT molecular complexity index is 689. The highest BCUT2D eigenvalue weighted by molar-refractivity contribution is 5.88. The van der Waals surface area contributed by atoms with Crippen LogP contribution in [-0.2, 0) is 23.8 Å². The smallest absolute Gasteiger partial charge is 0.306 e. The van der Waals surface area contributed by atoms with Gasteiger partial charge in [0.2, 0.25) is 0 Å². The highest BCUT2D eigenvalue weighted by atomic mass is 16.6. The zero-order valence-electron chi connectivity index (χ0n) is 19.1. The van der Waals surface area contributed by atoms with Crippen LogP contribution in [-0.4, -0.2) is 53.0 Å². The molecule has 4 aliphatic rings. The van der Waals surface area contributed by atoms with Gasteiger partial charge in [0.05, 0.1) is 24.4 Å². The molecule has 0 spiro atoms. The second kappa shape index (κ2) is 7.86. The van der Waals surface area contributed by atoms with E-state index in [9.17, 15) is 14.7 Å². The number of rotatable bonds is 3. The topological polar surface area (TPSA) is 82.1 Å². The predicted octanol–water partition coefficient (Wildman–Crippen LogP) is 3.28. The molecule has 10 atom stereocenters. The first kappa shape index (κ1) is 22.2. The van der Waals surface area contributed by atoms with E-state index in [0.29, 0.717) is 37.7 Å². The molecule has 1 aliphatic carbocycles. The Hall–Kier alpha value is -0.980. The summed E-state index contributed by atoms with van der Waals surface area (Å²) in [5, 5.41) is 11.0. The molecule has 4 rings (SSSR count). The number of Topliss-reactive ketones (excluding diaryl/α,β-unsaturated/α-hetero) is 1. The van der Waals surface area contributed by atoms with E-state index in [2.05, 4.69) is 13.8 Å². The highest BCUT2D eigenvalue weighted by Crippen LogP contribution is 2.57. The van der Waals surface area contributed by atoms with E-state index in [4.69, 9.17) is 14.2 Å². The van der Waals surface area contributed by atoms with E-state index in [0.717, 1.165) is 12.8 Å². The third-order valence-corrected chi connectivity index (χ3v) is 8.35. The van der Waals surface area contributed by atoms with Crippen molar-refractivity contribution in [1.82, 2.24) is 0 Å². The standard InChI is InChI=1S/C24H38O6/c1-6-7-18(26)30-21-13(2)10-15-14(3)12-28-24(5)17(25)8-9-23(4,27)11-16-20(21)19(15)22(24)29-16/h13-16,19-22,27H,6-12H2,1-5H3. The molecule has 0 aromatic carbocycles. The largest absolute Gasteiger partial charge is 0.462 e. The molecule has 170 valence electrons. The lowest BCUT2D eigenvalue weighted by Gasteiger charge is -2.47. The lowest BCUT2D eigenvalue weighted by Crippen LogP contribution is -2.55. The van der Waals surface area contributed by atoms with Gasteiger partial charge in [-0.25, -0.2) is 0 Å². The number of hydrogen-bond acceptors (Lipinski definition) is 6. The molecule has 30 heavy (non-hydrogen) atoms. The van der Waals surface area contributed by atoms with Crippen molar-refractivity contribution in [2.24, 2.45) is 29.6 Å². The maximum Gasteiger partial charge on any atom is 0.306 e. The third kappa shape index (κ3) is 3.63. The Labute approximate surface area is 180 Å². The number of hydrogen-bond donors (Lipinski definition) is 1. The fourth-order valence-electron chi connectivity index (χ4n) is 6.68. The fraction of sp³-hybridized carbons (Fsp3) is 0.917. The Balaban J connectivity index is 1.78. The second-order valence-corrected chi connectivity index (χ2v) is 10.9. The van der Waals surface area contributed by atoms with Crippen molar-refractivity contribution in [3.63, 3.8) is 0 Å². The van der Waals surface area contributed by atoms with E-state index < -0.39 is 11.2 Å². The molecule has 0 aromatic rings. The van der Waals surface area contributed by atoms with E-state index >= 15 is 0 Å². The van der Waals surface area contributed by atoms with Crippen LogP contribution in [0.4, 0.5) is 0 Å². The summed E-state index contributed by atoms with van der Waals surface area (Å²) >= 11 is 0. The molecule has 3 heterocycles. The average Bonchev–Trinajstić information content (AvgIpc) is 3.01. The molecular formula is C24H38O6. The monoisotopic (exact) mass is 422 g/mol. The minimum Gasteiger partial charge on any atom is -0.462 e. The molecule has 0 radical (unpaired) electrons. The predicted molar refractivity (Wildman–Crippen MR) is 111 cm³/mol. The number of esters is 1. The SMILES string of the molecule is CCCC(=O)OC1C(C)CC2C(C)COC3(C)C(=O)CCC(C)(O)CC4OC3C2C41. The van der Waals surface area contributed by atoms with Gasteiger partial charge in [0.25, 0.3) is 0 Å². The first-order valence-corrected chi connectivity index (χ1v) is 11.8. The number of carbonyl (C=O) groups excluding carboxylic acids is 2. The van der Waals surface area contributed by atoms with Gasteiger partial charge in [0.1, 0.15) is 11.7 Å². The Morgan fingerprint density at radius 2 is 1.97 bits per heavy atom. The molecule has 3 aliphatic heterocycles. The zero-order chi connectivity index (χ0) is 21.8. The van der Waals surface area contributed by atoms with Crippen LogP contribution < -0.4 is 0 Å². The number of aliphatic hydroxyl groups is 1. The first-order chi connectivity index (χ1) is 14.1. The van der Waals surface area contributed by atoms with E-state index in [1.807, 2.05) is 13.8 Å². The maximum atomic E-state index is 13.3. The van der Waals surface area contributed by atoms with E-state index in [-0.39, 0.29) is 54.2 Å². The van der Waals surface area contributed by atoms with Crippen LogP contribution in [0.25, 0.3) is 0 Å². The van der Waals surface area contributed by atoms with Crippen LogP contribution in [0.5, 0.6) is 0 Å². The summed E-state index contributed by atoms with van der Waals surface area (Å²) in [6.45, 7) is 10.5. The average molecular weight is 423 g/mol. The van der Waals surface area contributed by atoms with Gasteiger partial charge in [-0.1, -0.05) is 20.8 Å². The van der Waals surface area contributed by atoms with Crippen molar-refractivity contribution in [3.8, 4) is 0 Å². The van der Waals surface area contributed by atoms with Crippen molar-refractivity contribution in [2.75, 3.05) is 6.61 Å². The lowest BCUT2D eigenvalue weighted by atomic mass is 9.59. The van der Waals surface area contributed by atoms with Crippen LogP contribution in [0.1, 0.15) is 73.1 Å². The lowest BCUT2D eigenvalue weighted by molar-refractivity contribution is -0.165. The van der Waals surface area contributed by atoms with Crippen LogP contribution >= 0.6 is 0 Å². The molecule has 3 saturated heterocycles. The van der Waals surface area contributed by atoms with Gasteiger partial charge in [-0.3, -0.25) is 9.59 Å². The molecule has 0 aromatic heterocycles. The number of ketones is 1.